The first-order valence-electron chi connectivity index (χ1n) is 6.94. The summed E-state index contributed by atoms with van der Waals surface area (Å²) in [5.74, 6) is 0.272. The third-order valence-corrected chi connectivity index (χ3v) is 2.73. The maximum Gasteiger partial charge on any atom is 0.129 e. The third-order valence-electron chi connectivity index (χ3n) is 2.73. The minimum atomic E-state index is 0.136. The molecule has 0 unspecified atom stereocenters. The van der Waals surface area contributed by atoms with Crippen molar-refractivity contribution < 1.29 is 10.2 Å². The molecule has 122 valence electrons. The summed E-state index contributed by atoms with van der Waals surface area (Å²) in [6.07, 6.45) is 5.46. The molecule has 0 spiro atoms. The number of phenols is 2. The Balaban J connectivity index is 1.69. The summed E-state index contributed by atoms with van der Waals surface area (Å²) < 4.78 is 0. The average Bonchev–Trinajstić information content (AvgIpc) is 2.59. The summed E-state index contributed by atoms with van der Waals surface area (Å²) in [4.78, 5) is 0. The molecule has 0 aliphatic carbocycles. The number of aromatic hydroxyl groups is 2. The molecule has 2 aromatic rings. The van der Waals surface area contributed by atoms with Crippen molar-refractivity contribution in [1.29, 1.82) is 0 Å². The summed E-state index contributed by atoms with van der Waals surface area (Å²) in [7, 11) is 0. The van der Waals surface area contributed by atoms with Crippen LogP contribution in [0.15, 0.2) is 68.9 Å². The van der Waals surface area contributed by atoms with Crippen molar-refractivity contribution >= 4 is 25.1 Å². The van der Waals surface area contributed by atoms with Crippen molar-refractivity contribution in [2.75, 3.05) is 0 Å². The molecule has 0 aromatic heterocycles. The number of hydrogen-bond acceptors (Lipinski definition) is 6. The lowest BCUT2D eigenvalue weighted by Gasteiger charge is -1.96. The van der Waals surface area contributed by atoms with Gasteiger partial charge in [-0.1, -0.05) is 24.3 Å². The zero-order chi connectivity index (χ0) is 17.0. The van der Waals surface area contributed by atoms with E-state index in [1.165, 1.54) is 25.1 Å². The van der Waals surface area contributed by atoms with E-state index in [4.69, 9.17) is 0 Å². The van der Waals surface area contributed by atoms with E-state index in [9.17, 15) is 10.2 Å². The van der Waals surface area contributed by atoms with E-state index >= 15 is 0 Å². The van der Waals surface area contributed by atoms with Crippen LogP contribution in [0.3, 0.4) is 0 Å². The summed E-state index contributed by atoms with van der Waals surface area (Å²) in [5, 5.41) is 34.0. The van der Waals surface area contributed by atoms with Gasteiger partial charge < -0.3 is 10.2 Å². The van der Waals surface area contributed by atoms with Crippen LogP contribution in [0, 0.1) is 0 Å². The molecule has 0 saturated carbocycles. The van der Waals surface area contributed by atoms with Crippen LogP contribution in [0.4, 0.5) is 0 Å². The maximum absolute atomic E-state index is 9.52. The molecule has 2 aromatic carbocycles. The standard InChI is InChI=1S/C16H16N6O2/c23-15-7-3-1-5-13(15)9-17-19-11-21-22-12-20-18-10-14-6-2-4-8-16(14)24/h1-12,23-24H,(H,19,21)(H,20,22). The van der Waals surface area contributed by atoms with E-state index < -0.39 is 0 Å². The van der Waals surface area contributed by atoms with Gasteiger partial charge in [-0.15, -0.1) is 10.2 Å². The van der Waals surface area contributed by atoms with Crippen molar-refractivity contribution in [2.45, 2.75) is 0 Å². The molecule has 0 amide bonds. The van der Waals surface area contributed by atoms with Gasteiger partial charge >= 0.3 is 0 Å². The van der Waals surface area contributed by atoms with Crippen molar-refractivity contribution in [3.8, 4) is 11.5 Å². The van der Waals surface area contributed by atoms with Crippen LogP contribution < -0.4 is 10.9 Å². The van der Waals surface area contributed by atoms with Gasteiger partial charge in [0.2, 0.25) is 0 Å². The van der Waals surface area contributed by atoms with Gasteiger partial charge in [-0.25, -0.2) is 0 Å². The minimum Gasteiger partial charge on any atom is -0.507 e. The molecular formula is C16H16N6O2. The number of hydrazine groups is 1. The second kappa shape index (κ2) is 9.36. The lowest BCUT2D eigenvalue weighted by molar-refractivity contribution is 0.474. The Labute approximate surface area is 138 Å². The van der Waals surface area contributed by atoms with Gasteiger partial charge in [-0.3, -0.25) is 10.9 Å². The molecule has 4 N–H and O–H groups in total. The third kappa shape index (κ3) is 5.60. The molecule has 0 aliphatic rings. The number of para-hydroxylation sites is 2. The Morgan fingerprint density at radius 1 is 0.625 bits per heavy atom. The first-order valence-corrected chi connectivity index (χ1v) is 6.94. The molecule has 0 bridgehead atoms. The predicted octanol–water partition coefficient (Wildman–Crippen LogP) is 1.62. The fraction of sp³-hybridized carbons (Fsp3) is 0. The first kappa shape index (κ1) is 16.7. The molecule has 0 heterocycles. The van der Waals surface area contributed by atoms with Gasteiger partial charge in [-0.05, 0) is 24.3 Å². The number of phenolic OH excluding ortho intramolecular Hbond substituents is 2. The van der Waals surface area contributed by atoms with Crippen molar-refractivity contribution in [3.05, 3.63) is 59.7 Å². The maximum atomic E-state index is 9.52. The van der Waals surface area contributed by atoms with Crippen molar-refractivity contribution in [2.24, 2.45) is 20.4 Å². The van der Waals surface area contributed by atoms with E-state index in [0.29, 0.717) is 11.1 Å². The summed E-state index contributed by atoms with van der Waals surface area (Å²) in [6.45, 7) is 0. The van der Waals surface area contributed by atoms with Gasteiger partial charge in [-0.2, -0.15) is 10.2 Å². The largest absolute Gasteiger partial charge is 0.507 e. The summed E-state index contributed by atoms with van der Waals surface area (Å²) in [6, 6.07) is 13.6. The SMILES string of the molecule is Oc1ccccc1C=NN=CNNC=NN=Cc1ccccc1O. The molecule has 0 fully saturated rings. The highest BCUT2D eigenvalue weighted by Gasteiger charge is 1.94. The fourth-order valence-corrected chi connectivity index (χ4v) is 1.58. The Bertz CT molecular complexity index is 705. The van der Waals surface area contributed by atoms with Crippen LogP contribution >= 0.6 is 0 Å². The van der Waals surface area contributed by atoms with Crippen molar-refractivity contribution in [3.63, 3.8) is 0 Å². The lowest BCUT2D eigenvalue weighted by Crippen LogP contribution is -2.28. The van der Waals surface area contributed by atoms with Crippen LogP contribution in [0.1, 0.15) is 11.1 Å². The van der Waals surface area contributed by atoms with E-state index in [1.807, 2.05) is 0 Å². The fourth-order valence-electron chi connectivity index (χ4n) is 1.58. The van der Waals surface area contributed by atoms with Gasteiger partial charge in [0.05, 0.1) is 12.4 Å². The molecule has 8 nitrogen and oxygen atoms in total. The summed E-state index contributed by atoms with van der Waals surface area (Å²) in [5.41, 5.74) is 6.36. The molecule has 0 atom stereocenters. The molecule has 0 radical (unpaired) electrons. The predicted molar refractivity (Wildman–Crippen MR) is 94.7 cm³/mol. The van der Waals surface area contributed by atoms with E-state index in [0.717, 1.165) is 0 Å². The van der Waals surface area contributed by atoms with Crippen molar-refractivity contribution in [1.82, 2.24) is 10.9 Å². The monoisotopic (exact) mass is 324 g/mol. The normalized spacial score (nSPS) is 11.8. The van der Waals surface area contributed by atoms with Gasteiger partial charge in [0, 0.05) is 11.1 Å². The molecule has 0 saturated heterocycles. The van der Waals surface area contributed by atoms with Crippen LogP contribution in [0.2, 0.25) is 0 Å². The van der Waals surface area contributed by atoms with E-state index in [2.05, 4.69) is 31.3 Å². The highest BCUT2D eigenvalue weighted by Crippen LogP contribution is 2.13. The minimum absolute atomic E-state index is 0.136. The lowest BCUT2D eigenvalue weighted by atomic mass is 10.2. The van der Waals surface area contributed by atoms with E-state index in [-0.39, 0.29) is 11.5 Å². The number of nitrogens with one attached hydrogen (secondary N) is 2. The van der Waals surface area contributed by atoms with Gasteiger partial charge in [0.15, 0.2) is 0 Å². The molecule has 24 heavy (non-hydrogen) atoms. The van der Waals surface area contributed by atoms with Crippen LogP contribution in [0.5, 0.6) is 11.5 Å². The molecular weight excluding hydrogens is 308 g/mol. The topological polar surface area (TPSA) is 114 Å². The average molecular weight is 324 g/mol. The molecule has 8 heteroatoms. The van der Waals surface area contributed by atoms with Gasteiger partial charge in [0.25, 0.3) is 0 Å². The second-order valence-electron chi connectivity index (χ2n) is 4.38. The molecule has 2 rings (SSSR count). The smallest absolute Gasteiger partial charge is 0.129 e. The van der Waals surface area contributed by atoms with Crippen LogP contribution in [-0.4, -0.2) is 35.3 Å². The zero-order valence-corrected chi connectivity index (χ0v) is 12.6. The Morgan fingerprint density at radius 2 is 1.04 bits per heavy atom. The quantitative estimate of drug-likeness (QED) is 0.268. The van der Waals surface area contributed by atoms with Crippen LogP contribution in [-0.2, 0) is 0 Å². The number of rotatable bonds is 7. The highest BCUT2D eigenvalue weighted by atomic mass is 16.3. The summed E-state index contributed by atoms with van der Waals surface area (Å²) >= 11 is 0. The number of nitrogens with zero attached hydrogens (tertiary/aromatic N) is 4. The Morgan fingerprint density at radius 3 is 1.46 bits per heavy atom. The number of benzene rings is 2. The number of hydrogen-bond donors (Lipinski definition) is 4. The Kier molecular flexibility index (Phi) is 6.51. The molecule has 0 aliphatic heterocycles. The van der Waals surface area contributed by atoms with Crippen LogP contribution in [0.25, 0.3) is 0 Å². The van der Waals surface area contributed by atoms with Gasteiger partial charge in [0.1, 0.15) is 24.2 Å². The second-order valence-corrected chi connectivity index (χ2v) is 4.38. The first-order chi connectivity index (χ1) is 11.8. The zero-order valence-electron chi connectivity index (χ0n) is 12.6. The van der Waals surface area contributed by atoms with E-state index in [1.54, 1.807) is 48.5 Å². The Hall–Kier alpha value is -3.68. The highest BCUT2D eigenvalue weighted by molar-refractivity contribution is 5.84.